The number of ether oxygens (including phenoxy) is 2. The number of hydrogen-bond donors (Lipinski definition) is 2. The fourth-order valence-electron chi connectivity index (χ4n) is 1.22. The summed E-state index contributed by atoms with van der Waals surface area (Å²) in [4.78, 5) is 11.4. The van der Waals surface area contributed by atoms with Crippen LogP contribution < -0.4 is 10.1 Å². The molecular weight excluding hydrogens is 258 g/mol. The van der Waals surface area contributed by atoms with Crippen LogP contribution in [0.2, 0.25) is 5.02 Å². The molecule has 0 aromatic heterocycles. The third-order valence-electron chi connectivity index (χ3n) is 1.96. The normalized spacial score (nSPS) is 9.94. The summed E-state index contributed by atoms with van der Waals surface area (Å²) in [5, 5.41) is 11.5. The second-order valence-corrected chi connectivity index (χ2v) is 3.91. The first kappa shape index (κ1) is 14.6. The van der Waals surface area contributed by atoms with E-state index >= 15 is 0 Å². The molecule has 0 unspecified atom stereocenters. The Hall–Kier alpha value is -1.46. The van der Waals surface area contributed by atoms with E-state index in [2.05, 4.69) is 5.32 Å². The van der Waals surface area contributed by atoms with Gasteiger partial charge in [-0.15, -0.1) is 0 Å². The maximum atomic E-state index is 11.4. The molecule has 18 heavy (non-hydrogen) atoms. The summed E-state index contributed by atoms with van der Waals surface area (Å²) in [6, 6.07) is 4.93. The van der Waals surface area contributed by atoms with Crippen molar-refractivity contribution < 1.29 is 19.4 Å². The molecule has 0 atom stereocenters. The Morgan fingerprint density at radius 2 is 2.22 bits per heavy atom. The van der Waals surface area contributed by atoms with Gasteiger partial charge < -0.3 is 14.6 Å². The fraction of sp³-hybridized carbons (Fsp3) is 0.417. The van der Waals surface area contributed by atoms with Crippen LogP contribution in [-0.4, -0.2) is 31.0 Å². The van der Waals surface area contributed by atoms with E-state index in [0.717, 1.165) is 6.42 Å². The van der Waals surface area contributed by atoms with Crippen LogP contribution in [0.15, 0.2) is 18.2 Å². The molecule has 0 spiro atoms. The third-order valence-corrected chi connectivity index (χ3v) is 2.20. The maximum Gasteiger partial charge on any atom is 0.411 e. The summed E-state index contributed by atoms with van der Waals surface area (Å²) in [6.07, 6.45) is 0.199. The summed E-state index contributed by atoms with van der Waals surface area (Å²) in [6.45, 7) is 2.25. The Morgan fingerprint density at radius 3 is 2.89 bits per heavy atom. The number of halogens is 1. The number of nitrogens with one attached hydrogen (secondary N) is 1. The smallest absolute Gasteiger partial charge is 0.411 e. The first-order chi connectivity index (χ1) is 8.67. The number of amides is 1. The average molecular weight is 274 g/mol. The van der Waals surface area contributed by atoms with E-state index in [-0.39, 0.29) is 13.2 Å². The molecule has 6 heteroatoms. The lowest BCUT2D eigenvalue weighted by Crippen LogP contribution is -2.16. The third kappa shape index (κ3) is 4.81. The Balaban J connectivity index is 2.71. The van der Waals surface area contributed by atoms with Crippen LogP contribution in [0.1, 0.15) is 13.3 Å². The molecule has 0 heterocycles. The van der Waals surface area contributed by atoms with Gasteiger partial charge in [0.15, 0.2) is 0 Å². The molecule has 0 saturated carbocycles. The zero-order chi connectivity index (χ0) is 13.4. The lowest BCUT2D eigenvalue weighted by molar-refractivity contribution is 0.131. The Labute approximate surface area is 111 Å². The van der Waals surface area contributed by atoms with Crippen LogP contribution in [0.4, 0.5) is 10.5 Å². The standard InChI is InChI=1S/C12H16ClNO4/c1-2-6-17-11-4-3-9(13)8-10(11)14-12(16)18-7-5-15/h3-4,8,15H,2,5-7H2,1H3,(H,14,16). The molecule has 2 N–H and O–H groups in total. The average Bonchev–Trinajstić information content (AvgIpc) is 2.35. The van der Waals surface area contributed by atoms with Crippen LogP contribution in [0, 0.1) is 0 Å². The first-order valence-corrected chi connectivity index (χ1v) is 6.02. The number of hydrogen-bond acceptors (Lipinski definition) is 4. The van der Waals surface area contributed by atoms with Crippen LogP contribution in [-0.2, 0) is 4.74 Å². The molecule has 0 fully saturated rings. The van der Waals surface area contributed by atoms with Crippen molar-refractivity contribution in [1.82, 2.24) is 0 Å². The van der Waals surface area contributed by atoms with Crippen LogP contribution in [0.5, 0.6) is 5.75 Å². The maximum absolute atomic E-state index is 11.4. The molecule has 0 radical (unpaired) electrons. The molecule has 0 aliphatic carbocycles. The quantitative estimate of drug-likeness (QED) is 0.836. The van der Waals surface area contributed by atoms with E-state index in [1.807, 2.05) is 6.92 Å². The first-order valence-electron chi connectivity index (χ1n) is 5.64. The van der Waals surface area contributed by atoms with Crippen molar-refractivity contribution >= 4 is 23.4 Å². The van der Waals surface area contributed by atoms with Crippen molar-refractivity contribution in [3.05, 3.63) is 23.2 Å². The van der Waals surface area contributed by atoms with E-state index in [0.29, 0.717) is 23.1 Å². The SMILES string of the molecule is CCCOc1ccc(Cl)cc1NC(=O)OCCO. The molecule has 1 amide bonds. The van der Waals surface area contributed by atoms with Gasteiger partial charge in [0.2, 0.25) is 0 Å². The van der Waals surface area contributed by atoms with E-state index in [1.165, 1.54) is 0 Å². The van der Waals surface area contributed by atoms with Crippen molar-refractivity contribution in [3.63, 3.8) is 0 Å². The van der Waals surface area contributed by atoms with Gasteiger partial charge in [0.05, 0.1) is 18.9 Å². The highest BCUT2D eigenvalue weighted by molar-refractivity contribution is 6.31. The highest BCUT2D eigenvalue weighted by Gasteiger charge is 2.09. The summed E-state index contributed by atoms with van der Waals surface area (Å²) in [5.74, 6) is 0.530. The highest BCUT2D eigenvalue weighted by Crippen LogP contribution is 2.28. The number of aliphatic hydroxyl groups excluding tert-OH is 1. The lowest BCUT2D eigenvalue weighted by Gasteiger charge is -2.12. The molecule has 1 aromatic rings. The predicted molar refractivity (Wildman–Crippen MR) is 69.3 cm³/mol. The van der Waals surface area contributed by atoms with E-state index in [4.69, 9.17) is 26.2 Å². The summed E-state index contributed by atoms with van der Waals surface area (Å²) >= 11 is 5.85. The van der Waals surface area contributed by atoms with Gasteiger partial charge in [-0.3, -0.25) is 5.32 Å². The minimum Gasteiger partial charge on any atom is -0.491 e. The van der Waals surface area contributed by atoms with E-state index in [1.54, 1.807) is 18.2 Å². The van der Waals surface area contributed by atoms with Gasteiger partial charge in [-0.2, -0.15) is 0 Å². The molecule has 0 saturated heterocycles. The molecule has 5 nitrogen and oxygen atoms in total. The highest BCUT2D eigenvalue weighted by atomic mass is 35.5. The Morgan fingerprint density at radius 1 is 1.44 bits per heavy atom. The molecule has 0 aliphatic heterocycles. The zero-order valence-corrected chi connectivity index (χ0v) is 10.9. The molecular formula is C12H16ClNO4. The second kappa shape index (κ2) is 7.79. The number of anilines is 1. The molecule has 1 rings (SSSR count). The monoisotopic (exact) mass is 273 g/mol. The van der Waals surface area contributed by atoms with Crippen LogP contribution in [0.3, 0.4) is 0 Å². The second-order valence-electron chi connectivity index (χ2n) is 3.47. The number of carbonyl (C=O) groups excluding carboxylic acids is 1. The van der Waals surface area contributed by atoms with Gasteiger partial charge in [-0.25, -0.2) is 4.79 Å². The van der Waals surface area contributed by atoms with Gasteiger partial charge in [-0.05, 0) is 24.6 Å². The number of rotatable bonds is 6. The van der Waals surface area contributed by atoms with E-state index in [9.17, 15) is 4.79 Å². The predicted octanol–water partition coefficient (Wildman–Crippen LogP) is 2.67. The summed E-state index contributed by atoms with van der Waals surface area (Å²) in [5.41, 5.74) is 0.443. The van der Waals surface area contributed by atoms with Gasteiger partial charge in [0.1, 0.15) is 12.4 Å². The molecule has 1 aromatic carbocycles. The molecule has 0 bridgehead atoms. The van der Waals surface area contributed by atoms with Crippen molar-refractivity contribution in [3.8, 4) is 5.75 Å². The lowest BCUT2D eigenvalue weighted by atomic mass is 10.3. The van der Waals surface area contributed by atoms with Gasteiger partial charge >= 0.3 is 6.09 Å². The Kier molecular flexibility index (Phi) is 6.32. The van der Waals surface area contributed by atoms with Crippen LogP contribution in [0.25, 0.3) is 0 Å². The fourth-order valence-corrected chi connectivity index (χ4v) is 1.39. The topological polar surface area (TPSA) is 67.8 Å². The summed E-state index contributed by atoms with van der Waals surface area (Å²) in [7, 11) is 0. The van der Waals surface area contributed by atoms with Gasteiger partial charge in [0.25, 0.3) is 0 Å². The molecule has 0 aliphatic rings. The Bertz CT molecular complexity index is 398. The van der Waals surface area contributed by atoms with Crippen molar-refractivity contribution in [1.29, 1.82) is 0 Å². The molecule has 100 valence electrons. The minimum absolute atomic E-state index is 0.0580. The minimum atomic E-state index is -0.660. The van der Waals surface area contributed by atoms with Gasteiger partial charge in [0, 0.05) is 5.02 Å². The van der Waals surface area contributed by atoms with Crippen molar-refractivity contribution in [2.45, 2.75) is 13.3 Å². The van der Waals surface area contributed by atoms with E-state index < -0.39 is 6.09 Å². The van der Waals surface area contributed by atoms with Crippen molar-refractivity contribution in [2.75, 3.05) is 25.1 Å². The summed E-state index contributed by atoms with van der Waals surface area (Å²) < 4.78 is 10.2. The zero-order valence-electron chi connectivity index (χ0n) is 10.1. The number of carbonyl (C=O) groups is 1. The van der Waals surface area contributed by atoms with Crippen LogP contribution >= 0.6 is 11.6 Å². The number of aliphatic hydroxyl groups is 1. The largest absolute Gasteiger partial charge is 0.491 e. The van der Waals surface area contributed by atoms with Gasteiger partial charge in [-0.1, -0.05) is 18.5 Å². The van der Waals surface area contributed by atoms with Crippen molar-refractivity contribution in [2.24, 2.45) is 0 Å². The number of benzene rings is 1.